The smallest absolute Gasteiger partial charge is 0.183 e. The van der Waals surface area contributed by atoms with Gasteiger partial charge in [0.25, 0.3) is 0 Å². The number of rotatable bonds is 7. The first-order valence-electron chi connectivity index (χ1n) is 8.98. The first-order valence-corrected chi connectivity index (χ1v) is 12.0. The fraction of sp³-hybridized carbons (Fsp3) is 0.0455. The number of nitrogens with zero attached hydrogens (tertiary/aromatic N) is 2. The lowest BCUT2D eigenvalue weighted by molar-refractivity contribution is 0.102. The largest absolute Gasteiger partial charge is 0.349 e. The molecule has 0 aliphatic heterocycles. The van der Waals surface area contributed by atoms with Gasteiger partial charge in [-0.3, -0.25) is 4.79 Å². The lowest BCUT2D eigenvalue weighted by Crippen LogP contribution is -2.05. The fourth-order valence-corrected chi connectivity index (χ4v) is 5.69. The zero-order chi connectivity index (χ0) is 21.8. The molecule has 0 unspecified atom stereocenters. The summed E-state index contributed by atoms with van der Waals surface area (Å²) in [4.78, 5) is 17.7. The summed E-state index contributed by atoms with van der Waals surface area (Å²) >= 11 is 9.76. The molecule has 0 amide bonds. The van der Waals surface area contributed by atoms with Crippen LogP contribution < -0.4 is 5.32 Å². The van der Waals surface area contributed by atoms with Gasteiger partial charge in [-0.05, 0) is 48.5 Å². The molecule has 0 bridgehead atoms. The highest BCUT2D eigenvalue weighted by atomic mass is 35.5. The highest BCUT2D eigenvalue weighted by Gasteiger charge is 2.18. The molecule has 0 saturated heterocycles. The first kappa shape index (κ1) is 21.5. The molecule has 1 N–H and O–H groups in total. The summed E-state index contributed by atoms with van der Waals surface area (Å²) in [6.07, 6.45) is 0. The number of hydrogen-bond acceptors (Lipinski definition) is 7. The number of nitriles is 1. The summed E-state index contributed by atoms with van der Waals surface area (Å²) in [6.45, 7) is 0. The molecule has 4 rings (SSSR count). The summed E-state index contributed by atoms with van der Waals surface area (Å²) < 4.78 is 14.8. The Hall–Kier alpha value is -2.70. The first-order chi connectivity index (χ1) is 15.0. The van der Waals surface area contributed by atoms with Crippen molar-refractivity contribution in [2.75, 3.05) is 11.1 Å². The zero-order valence-corrected chi connectivity index (χ0v) is 19.0. The molecular formula is C22H13ClFN3OS3. The highest BCUT2D eigenvalue weighted by Crippen LogP contribution is 2.34. The number of thioether (sulfide) groups is 1. The van der Waals surface area contributed by atoms with E-state index < -0.39 is 0 Å². The standard InChI is InChI=1S/C22H13ClFN3OS3/c23-20-10-9-19(30-20)17(28)12-29-21(26-14-7-5-13(24)6-8-14)15(11-25)22-27-16-3-1-2-4-18(16)31-22/h1-10,26H,12H2. The molecule has 31 heavy (non-hydrogen) atoms. The van der Waals surface area contributed by atoms with E-state index in [2.05, 4.69) is 16.4 Å². The van der Waals surface area contributed by atoms with Crippen LogP contribution in [0.5, 0.6) is 0 Å². The van der Waals surface area contributed by atoms with Gasteiger partial charge < -0.3 is 5.32 Å². The van der Waals surface area contributed by atoms with E-state index in [0.717, 1.165) is 10.2 Å². The van der Waals surface area contributed by atoms with Gasteiger partial charge in [0.05, 0.1) is 30.2 Å². The van der Waals surface area contributed by atoms with E-state index >= 15 is 0 Å². The number of carbonyl (C=O) groups excluding carboxylic acids is 1. The van der Waals surface area contributed by atoms with Gasteiger partial charge in [-0.25, -0.2) is 9.37 Å². The van der Waals surface area contributed by atoms with E-state index in [4.69, 9.17) is 11.6 Å². The monoisotopic (exact) mass is 485 g/mol. The molecule has 0 spiro atoms. The van der Waals surface area contributed by atoms with Gasteiger partial charge >= 0.3 is 0 Å². The van der Waals surface area contributed by atoms with Crippen LogP contribution in [-0.4, -0.2) is 16.5 Å². The summed E-state index contributed by atoms with van der Waals surface area (Å²) in [6, 6.07) is 19.0. The van der Waals surface area contributed by atoms with Crippen molar-refractivity contribution in [3.05, 3.63) is 85.7 Å². The van der Waals surface area contributed by atoms with E-state index in [-0.39, 0.29) is 17.4 Å². The lowest BCUT2D eigenvalue weighted by atomic mass is 10.3. The van der Waals surface area contributed by atoms with Crippen molar-refractivity contribution in [1.82, 2.24) is 4.98 Å². The molecule has 154 valence electrons. The number of ketones is 1. The van der Waals surface area contributed by atoms with Crippen molar-refractivity contribution < 1.29 is 9.18 Å². The third kappa shape index (κ3) is 5.14. The van der Waals surface area contributed by atoms with Crippen molar-refractivity contribution in [3.8, 4) is 6.07 Å². The number of aromatic nitrogens is 1. The van der Waals surface area contributed by atoms with Gasteiger partial charge in [-0.1, -0.05) is 35.5 Å². The van der Waals surface area contributed by atoms with Crippen LogP contribution in [0.3, 0.4) is 0 Å². The SMILES string of the molecule is N#CC(=C(Nc1ccc(F)cc1)SCC(=O)c1ccc(Cl)s1)c1nc2ccccc2s1. The Bertz CT molecular complexity index is 1290. The molecule has 0 fully saturated rings. The van der Waals surface area contributed by atoms with Crippen LogP contribution in [0.25, 0.3) is 15.8 Å². The quantitative estimate of drug-likeness (QED) is 0.224. The number of Topliss-reactive ketones (excluding diaryl/α,β-unsaturated/α-hetero) is 1. The van der Waals surface area contributed by atoms with Gasteiger partial charge in [0.15, 0.2) is 5.78 Å². The van der Waals surface area contributed by atoms with Gasteiger partial charge in [0, 0.05) is 5.69 Å². The zero-order valence-electron chi connectivity index (χ0n) is 15.8. The maximum absolute atomic E-state index is 13.3. The molecular weight excluding hydrogens is 473 g/mol. The normalized spacial score (nSPS) is 11.8. The van der Waals surface area contributed by atoms with Crippen LogP contribution in [-0.2, 0) is 0 Å². The van der Waals surface area contributed by atoms with E-state index in [1.807, 2.05) is 24.3 Å². The second-order valence-electron chi connectivity index (χ2n) is 6.25. The average Bonchev–Trinajstić information content (AvgIpc) is 3.40. The topological polar surface area (TPSA) is 65.8 Å². The van der Waals surface area contributed by atoms with Crippen LogP contribution in [0.4, 0.5) is 10.1 Å². The third-order valence-electron chi connectivity index (χ3n) is 4.14. The molecule has 0 atom stereocenters. The van der Waals surface area contributed by atoms with Crippen LogP contribution in [0.2, 0.25) is 4.34 Å². The molecule has 2 aromatic heterocycles. The van der Waals surface area contributed by atoms with E-state index in [0.29, 0.717) is 30.5 Å². The van der Waals surface area contributed by atoms with Crippen LogP contribution in [0.15, 0.2) is 65.7 Å². The molecule has 0 aliphatic rings. The van der Waals surface area contributed by atoms with Crippen LogP contribution in [0.1, 0.15) is 14.7 Å². The average molecular weight is 486 g/mol. The summed E-state index contributed by atoms with van der Waals surface area (Å²) in [5, 5.41) is 14.1. The minimum absolute atomic E-state index is 0.0955. The van der Waals surface area contributed by atoms with Gasteiger partial charge in [0.2, 0.25) is 0 Å². The van der Waals surface area contributed by atoms with Crippen molar-refractivity contribution in [2.45, 2.75) is 0 Å². The Morgan fingerprint density at radius 3 is 2.58 bits per heavy atom. The molecule has 2 aromatic carbocycles. The number of thiophene rings is 1. The Morgan fingerprint density at radius 2 is 1.90 bits per heavy atom. The predicted octanol–water partition coefficient (Wildman–Crippen LogP) is 7.07. The Kier molecular flexibility index (Phi) is 6.68. The molecule has 2 heterocycles. The molecule has 4 nitrogen and oxygen atoms in total. The van der Waals surface area contributed by atoms with E-state index in [1.165, 1.54) is 46.6 Å². The lowest BCUT2D eigenvalue weighted by Gasteiger charge is -2.12. The number of anilines is 1. The van der Waals surface area contributed by atoms with Crippen molar-refractivity contribution in [2.24, 2.45) is 0 Å². The number of nitrogens with one attached hydrogen (secondary N) is 1. The number of benzene rings is 2. The maximum atomic E-state index is 13.3. The van der Waals surface area contributed by atoms with Gasteiger partial charge in [0.1, 0.15) is 22.5 Å². The number of allylic oxidation sites excluding steroid dienone is 1. The number of thiazole rings is 1. The fourth-order valence-electron chi connectivity index (χ4n) is 2.68. The van der Waals surface area contributed by atoms with Crippen LogP contribution in [0, 0.1) is 17.1 Å². The number of carbonyl (C=O) groups is 1. The molecule has 0 aliphatic carbocycles. The van der Waals surface area contributed by atoms with Crippen molar-refractivity contribution in [1.29, 1.82) is 5.26 Å². The molecule has 4 aromatic rings. The van der Waals surface area contributed by atoms with Crippen molar-refractivity contribution >= 4 is 73.3 Å². The van der Waals surface area contributed by atoms with Gasteiger partial charge in [-0.2, -0.15) is 5.26 Å². The molecule has 0 radical (unpaired) electrons. The predicted molar refractivity (Wildman–Crippen MR) is 128 cm³/mol. The number of hydrogen-bond donors (Lipinski definition) is 1. The van der Waals surface area contributed by atoms with Gasteiger partial charge in [-0.15, -0.1) is 22.7 Å². The number of halogens is 2. The molecule has 0 saturated carbocycles. The maximum Gasteiger partial charge on any atom is 0.183 e. The van der Waals surface area contributed by atoms with E-state index in [9.17, 15) is 14.4 Å². The molecule has 9 heteroatoms. The second-order valence-corrected chi connectivity index (χ2v) is 9.98. The summed E-state index contributed by atoms with van der Waals surface area (Å²) in [5.74, 6) is -0.349. The third-order valence-corrected chi connectivity index (χ3v) is 7.47. The Morgan fingerprint density at radius 1 is 1.13 bits per heavy atom. The van der Waals surface area contributed by atoms with E-state index in [1.54, 1.807) is 24.3 Å². The van der Waals surface area contributed by atoms with Crippen LogP contribution >= 0.6 is 46.0 Å². The number of para-hydroxylation sites is 1. The summed E-state index contributed by atoms with van der Waals surface area (Å²) in [7, 11) is 0. The Labute approximate surface area is 195 Å². The minimum Gasteiger partial charge on any atom is -0.349 e. The Balaban J connectivity index is 1.69. The summed E-state index contributed by atoms with van der Waals surface area (Å²) in [5.41, 5.74) is 1.72. The minimum atomic E-state index is -0.361. The second kappa shape index (κ2) is 9.62. The highest BCUT2D eigenvalue weighted by molar-refractivity contribution is 8.04. The van der Waals surface area contributed by atoms with Crippen molar-refractivity contribution in [3.63, 3.8) is 0 Å². The number of fused-ring (bicyclic) bond motifs is 1.